The summed E-state index contributed by atoms with van der Waals surface area (Å²) in [4.78, 5) is 34.3. The molecule has 200 valence electrons. The maximum atomic E-state index is 11.4. The molecule has 0 bridgehead atoms. The Balaban J connectivity index is 1.47. The molecule has 6 rings (SSSR count). The number of benzene rings is 5. The predicted molar refractivity (Wildman–Crippen MR) is 155 cm³/mol. The molecule has 0 saturated heterocycles. The first-order chi connectivity index (χ1) is 19.8. The van der Waals surface area contributed by atoms with Crippen LogP contribution >= 0.6 is 0 Å². The fraction of sp³-hybridized carbons (Fsp3) is 0. The molecule has 6 aromatic rings. The Labute approximate surface area is 231 Å². The Bertz CT molecular complexity index is 1910. The summed E-state index contributed by atoms with van der Waals surface area (Å²) >= 11 is 0. The molecule has 0 aliphatic rings. The van der Waals surface area contributed by atoms with Gasteiger partial charge in [-0.1, -0.05) is 18.2 Å². The van der Waals surface area contributed by atoms with Crippen LogP contribution in [0.4, 0.5) is 34.1 Å². The van der Waals surface area contributed by atoms with Crippen molar-refractivity contribution in [3.63, 3.8) is 0 Å². The Morgan fingerprint density at radius 1 is 0.488 bits per heavy atom. The van der Waals surface area contributed by atoms with E-state index in [1.54, 1.807) is 36.4 Å². The highest BCUT2D eigenvalue weighted by Crippen LogP contribution is 2.38. The van der Waals surface area contributed by atoms with Crippen LogP contribution in [0.15, 0.2) is 115 Å². The number of para-hydroxylation sites is 1. The molecule has 1 aromatic heterocycles. The van der Waals surface area contributed by atoms with E-state index >= 15 is 0 Å². The molecule has 0 N–H and O–H groups in total. The highest BCUT2D eigenvalue weighted by Gasteiger charge is 2.18. The molecule has 0 spiro atoms. The monoisotopic (exact) mass is 545 g/mol. The van der Waals surface area contributed by atoms with Crippen LogP contribution in [0.1, 0.15) is 0 Å². The van der Waals surface area contributed by atoms with E-state index in [0.717, 1.165) is 27.5 Å². The largest absolute Gasteiger partial charge is 0.310 e. The van der Waals surface area contributed by atoms with Crippen LogP contribution in [0.3, 0.4) is 0 Å². The average Bonchev–Trinajstić information content (AvgIpc) is 3.32. The van der Waals surface area contributed by atoms with E-state index in [-0.39, 0.29) is 17.1 Å². The van der Waals surface area contributed by atoms with Gasteiger partial charge in [0.1, 0.15) is 0 Å². The lowest BCUT2D eigenvalue weighted by Gasteiger charge is -2.25. The normalized spacial score (nSPS) is 11.0. The molecule has 1 heterocycles. The minimum Gasteiger partial charge on any atom is -0.310 e. The van der Waals surface area contributed by atoms with Gasteiger partial charge in [0.05, 0.1) is 25.8 Å². The zero-order chi connectivity index (χ0) is 28.7. The second-order valence-corrected chi connectivity index (χ2v) is 9.21. The molecule has 0 atom stereocenters. The third-order valence-electron chi connectivity index (χ3n) is 6.87. The van der Waals surface area contributed by atoms with E-state index in [4.69, 9.17) is 0 Å². The number of fused-ring (bicyclic) bond motifs is 3. The number of hydrogen-bond donors (Lipinski definition) is 0. The zero-order valence-electron chi connectivity index (χ0n) is 21.2. The fourth-order valence-electron chi connectivity index (χ4n) is 5.00. The topological polar surface area (TPSA) is 138 Å². The number of non-ortho nitro benzene ring substituents is 3. The molecule has 11 nitrogen and oxygen atoms in total. The van der Waals surface area contributed by atoms with Crippen LogP contribution < -0.4 is 4.90 Å². The van der Waals surface area contributed by atoms with Crippen LogP contribution in [0, 0.1) is 30.3 Å². The zero-order valence-corrected chi connectivity index (χ0v) is 21.2. The molecule has 0 aliphatic carbocycles. The van der Waals surface area contributed by atoms with Gasteiger partial charge in [-0.3, -0.25) is 30.3 Å². The highest BCUT2D eigenvalue weighted by molar-refractivity contribution is 6.10. The summed E-state index contributed by atoms with van der Waals surface area (Å²) in [6.07, 6.45) is 0. The maximum Gasteiger partial charge on any atom is 0.270 e. The molecule has 0 aliphatic heterocycles. The SMILES string of the molecule is O=[N+]([O-])c1ccc(N(c2ccc(-n3c4ccccc4c4cc([N+](=O)[O-])ccc43)cc2)c2ccc([N+](=O)[O-])cc2)cc1. The molecule has 11 heteroatoms. The highest BCUT2D eigenvalue weighted by atomic mass is 16.6. The number of nitrogens with zero attached hydrogens (tertiary/aromatic N) is 5. The standard InChI is InChI=1S/C30H19N5O6/c36-33(37)24-13-9-21(10-14-24)31(22-11-15-25(16-12-22)34(38)39)20-5-7-23(8-6-20)32-29-4-2-1-3-27(29)28-19-26(35(40)41)17-18-30(28)32/h1-19H. The smallest absolute Gasteiger partial charge is 0.270 e. The quantitative estimate of drug-likeness (QED) is 0.146. The second kappa shape index (κ2) is 9.89. The summed E-state index contributed by atoms with van der Waals surface area (Å²) in [5, 5.41) is 35.5. The van der Waals surface area contributed by atoms with E-state index in [1.807, 2.05) is 58.0 Å². The van der Waals surface area contributed by atoms with E-state index < -0.39 is 14.8 Å². The van der Waals surface area contributed by atoms with Crippen molar-refractivity contribution in [2.45, 2.75) is 0 Å². The molecule has 0 amide bonds. The minimum absolute atomic E-state index is 0.0117. The summed E-state index contributed by atoms with van der Waals surface area (Å²) in [6, 6.07) is 32.1. The molecule has 5 aromatic carbocycles. The number of rotatable bonds is 7. The Morgan fingerprint density at radius 2 is 0.927 bits per heavy atom. The van der Waals surface area contributed by atoms with Crippen molar-refractivity contribution in [2.75, 3.05) is 4.90 Å². The number of nitro benzene ring substituents is 3. The third kappa shape index (κ3) is 4.46. The van der Waals surface area contributed by atoms with Gasteiger partial charge >= 0.3 is 0 Å². The predicted octanol–water partition coefficient (Wildman–Crippen LogP) is 7.98. The summed E-state index contributed by atoms with van der Waals surface area (Å²) in [6.45, 7) is 0. The van der Waals surface area contributed by atoms with Gasteiger partial charge in [0.2, 0.25) is 0 Å². The first kappa shape index (κ1) is 25.2. The number of aromatic nitrogens is 1. The summed E-state index contributed by atoms with van der Waals surface area (Å²) in [7, 11) is 0. The average molecular weight is 546 g/mol. The van der Waals surface area contributed by atoms with Crippen LogP contribution in [0.2, 0.25) is 0 Å². The van der Waals surface area contributed by atoms with Crippen LogP contribution in [-0.4, -0.2) is 19.3 Å². The lowest BCUT2D eigenvalue weighted by Crippen LogP contribution is -2.10. The van der Waals surface area contributed by atoms with E-state index in [2.05, 4.69) is 0 Å². The summed E-state index contributed by atoms with van der Waals surface area (Å²) in [5.74, 6) is 0. The summed E-state index contributed by atoms with van der Waals surface area (Å²) in [5.41, 5.74) is 4.39. The molecule has 0 radical (unpaired) electrons. The molecule has 0 saturated carbocycles. The van der Waals surface area contributed by atoms with Gasteiger partial charge in [0, 0.05) is 69.9 Å². The van der Waals surface area contributed by atoms with Crippen molar-refractivity contribution in [2.24, 2.45) is 0 Å². The minimum atomic E-state index is -0.477. The molecule has 0 fully saturated rings. The second-order valence-electron chi connectivity index (χ2n) is 9.21. The van der Waals surface area contributed by atoms with Crippen LogP contribution in [0.5, 0.6) is 0 Å². The third-order valence-corrected chi connectivity index (χ3v) is 6.87. The van der Waals surface area contributed by atoms with Crippen molar-refractivity contribution < 1.29 is 14.8 Å². The van der Waals surface area contributed by atoms with E-state index in [9.17, 15) is 30.3 Å². The van der Waals surface area contributed by atoms with Gasteiger partial charge in [-0.05, 0) is 60.7 Å². The number of hydrogen-bond acceptors (Lipinski definition) is 7. The molecule has 0 unspecified atom stereocenters. The molecular formula is C30H19N5O6. The van der Waals surface area contributed by atoms with Gasteiger partial charge in [-0.15, -0.1) is 0 Å². The van der Waals surface area contributed by atoms with Gasteiger partial charge in [0.15, 0.2) is 0 Å². The van der Waals surface area contributed by atoms with E-state index in [1.165, 1.54) is 30.3 Å². The van der Waals surface area contributed by atoms with Crippen LogP contribution in [-0.2, 0) is 0 Å². The summed E-state index contributed by atoms with van der Waals surface area (Å²) < 4.78 is 2.03. The number of anilines is 3. The van der Waals surface area contributed by atoms with Crippen molar-refractivity contribution in [1.82, 2.24) is 4.57 Å². The number of nitro groups is 3. The van der Waals surface area contributed by atoms with Gasteiger partial charge in [-0.2, -0.15) is 0 Å². The van der Waals surface area contributed by atoms with Gasteiger partial charge < -0.3 is 9.47 Å². The van der Waals surface area contributed by atoms with Gasteiger partial charge in [0.25, 0.3) is 17.1 Å². The lowest BCUT2D eigenvalue weighted by molar-refractivity contribution is -0.385. The Hall–Kier alpha value is -6.10. The lowest BCUT2D eigenvalue weighted by atomic mass is 10.1. The van der Waals surface area contributed by atoms with Crippen molar-refractivity contribution in [1.29, 1.82) is 0 Å². The molecular weight excluding hydrogens is 526 g/mol. The first-order valence-electron chi connectivity index (χ1n) is 12.4. The first-order valence-corrected chi connectivity index (χ1v) is 12.4. The van der Waals surface area contributed by atoms with Crippen molar-refractivity contribution in [3.05, 3.63) is 146 Å². The van der Waals surface area contributed by atoms with E-state index in [0.29, 0.717) is 17.1 Å². The van der Waals surface area contributed by atoms with Crippen molar-refractivity contribution in [3.8, 4) is 5.69 Å². The maximum absolute atomic E-state index is 11.4. The Kier molecular flexibility index (Phi) is 6.08. The van der Waals surface area contributed by atoms with Crippen molar-refractivity contribution >= 4 is 55.9 Å². The fourth-order valence-corrected chi connectivity index (χ4v) is 5.00. The van der Waals surface area contributed by atoms with Gasteiger partial charge in [-0.25, -0.2) is 0 Å². The van der Waals surface area contributed by atoms with Crippen LogP contribution in [0.25, 0.3) is 27.5 Å². The Morgan fingerprint density at radius 3 is 1.44 bits per heavy atom. The molecule has 41 heavy (non-hydrogen) atoms.